The first-order chi connectivity index (χ1) is 15.3. The highest BCUT2D eigenvalue weighted by atomic mass is 35.5. The van der Waals surface area contributed by atoms with E-state index < -0.39 is 29.9 Å². The SMILES string of the molecule is Cc1ccccc1C1(C)NC(=O)N(CC(=O)Nc2ccnn2Cc2ccccc2Cl)C1=O. The molecule has 0 aliphatic carbocycles. The minimum Gasteiger partial charge on any atom is -0.319 e. The molecule has 3 aromatic rings. The number of benzene rings is 2. The van der Waals surface area contributed by atoms with Gasteiger partial charge in [-0.15, -0.1) is 0 Å². The fourth-order valence-corrected chi connectivity index (χ4v) is 4.03. The summed E-state index contributed by atoms with van der Waals surface area (Å²) < 4.78 is 1.59. The molecule has 0 bridgehead atoms. The number of aryl methyl sites for hydroxylation is 1. The summed E-state index contributed by atoms with van der Waals surface area (Å²) in [5, 5.41) is 10.3. The zero-order valence-corrected chi connectivity index (χ0v) is 18.4. The Morgan fingerprint density at radius 1 is 1.12 bits per heavy atom. The maximum absolute atomic E-state index is 13.1. The van der Waals surface area contributed by atoms with Crippen molar-refractivity contribution in [3.05, 3.63) is 82.5 Å². The van der Waals surface area contributed by atoms with E-state index in [-0.39, 0.29) is 0 Å². The molecule has 0 radical (unpaired) electrons. The Morgan fingerprint density at radius 3 is 2.59 bits per heavy atom. The predicted octanol–water partition coefficient (Wildman–Crippen LogP) is 3.30. The van der Waals surface area contributed by atoms with E-state index in [4.69, 9.17) is 11.6 Å². The van der Waals surface area contributed by atoms with Gasteiger partial charge in [0.05, 0.1) is 12.7 Å². The lowest BCUT2D eigenvalue weighted by Gasteiger charge is -2.24. The summed E-state index contributed by atoms with van der Waals surface area (Å²) >= 11 is 6.22. The number of hydrogen-bond acceptors (Lipinski definition) is 4. The Labute approximate surface area is 190 Å². The van der Waals surface area contributed by atoms with Crippen LogP contribution in [0.25, 0.3) is 0 Å². The smallest absolute Gasteiger partial charge is 0.319 e. The summed E-state index contributed by atoms with van der Waals surface area (Å²) in [6, 6.07) is 15.7. The molecule has 4 amide bonds. The number of amides is 4. The maximum Gasteiger partial charge on any atom is 0.325 e. The Hall–Kier alpha value is -3.65. The molecule has 1 saturated heterocycles. The lowest BCUT2D eigenvalue weighted by molar-refractivity contribution is -0.133. The number of aromatic nitrogens is 2. The van der Waals surface area contributed by atoms with Gasteiger partial charge in [0.2, 0.25) is 5.91 Å². The Morgan fingerprint density at radius 2 is 1.84 bits per heavy atom. The molecule has 1 aliphatic heterocycles. The lowest BCUT2D eigenvalue weighted by Crippen LogP contribution is -2.42. The second-order valence-electron chi connectivity index (χ2n) is 7.78. The highest BCUT2D eigenvalue weighted by Gasteiger charge is 2.50. The minimum absolute atomic E-state index is 0.358. The summed E-state index contributed by atoms with van der Waals surface area (Å²) in [6.07, 6.45) is 1.55. The average molecular weight is 452 g/mol. The first-order valence-electron chi connectivity index (χ1n) is 10.0. The molecule has 2 heterocycles. The van der Waals surface area contributed by atoms with E-state index in [1.807, 2.05) is 43.3 Å². The highest BCUT2D eigenvalue weighted by molar-refractivity contribution is 6.31. The molecule has 164 valence electrons. The molecule has 32 heavy (non-hydrogen) atoms. The molecule has 8 nitrogen and oxygen atoms in total. The fourth-order valence-electron chi connectivity index (χ4n) is 3.84. The van der Waals surface area contributed by atoms with E-state index in [0.717, 1.165) is 16.0 Å². The molecule has 2 N–H and O–H groups in total. The van der Waals surface area contributed by atoms with Crippen molar-refractivity contribution in [2.45, 2.75) is 25.9 Å². The standard InChI is InChI=1S/C23H22ClN5O3/c1-15-7-3-5-9-17(15)23(2)21(31)28(22(32)27-23)14-20(30)26-19-11-12-25-29(19)13-16-8-4-6-10-18(16)24/h3-12H,13-14H2,1-2H3,(H,26,30)(H,27,32). The first kappa shape index (κ1) is 21.6. The number of rotatable bonds is 6. The van der Waals surface area contributed by atoms with Gasteiger partial charge in [0, 0.05) is 11.1 Å². The van der Waals surface area contributed by atoms with Crippen LogP contribution in [-0.4, -0.2) is 39.1 Å². The van der Waals surface area contributed by atoms with Crippen LogP contribution in [0.3, 0.4) is 0 Å². The van der Waals surface area contributed by atoms with Gasteiger partial charge in [0.25, 0.3) is 5.91 Å². The molecular formula is C23H22ClN5O3. The Balaban J connectivity index is 1.47. The molecule has 0 spiro atoms. The summed E-state index contributed by atoms with van der Waals surface area (Å²) in [5.74, 6) is -0.552. The van der Waals surface area contributed by atoms with Gasteiger partial charge in [-0.25, -0.2) is 9.48 Å². The Kier molecular flexibility index (Phi) is 5.71. The van der Waals surface area contributed by atoms with Crippen LogP contribution < -0.4 is 10.6 Å². The number of anilines is 1. The van der Waals surface area contributed by atoms with Crippen molar-refractivity contribution < 1.29 is 14.4 Å². The van der Waals surface area contributed by atoms with E-state index in [1.54, 1.807) is 36.0 Å². The van der Waals surface area contributed by atoms with Gasteiger partial charge in [-0.2, -0.15) is 5.10 Å². The number of hydrogen-bond donors (Lipinski definition) is 2. The Bertz CT molecular complexity index is 1210. The van der Waals surface area contributed by atoms with Gasteiger partial charge in [-0.05, 0) is 36.6 Å². The van der Waals surface area contributed by atoms with Crippen molar-refractivity contribution in [1.82, 2.24) is 20.0 Å². The van der Waals surface area contributed by atoms with Crippen molar-refractivity contribution in [2.24, 2.45) is 0 Å². The van der Waals surface area contributed by atoms with E-state index in [0.29, 0.717) is 22.9 Å². The lowest BCUT2D eigenvalue weighted by atomic mass is 9.88. The van der Waals surface area contributed by atoms with Crippen molar-refractivity contribution in [3.63, 3.8) is 0 Å². The molecule has 9 heteroatoms. The van der Waals surface area contributed by atoms with Crippen LogP contribution in [0.4, 0.5) is 10.6 Å². The first-order valence-corrected chi connectivity index (χ1v) is 10.4. The van der Waals surface area contributed by atoms with Crippen LogP contribution in [0, 0.1) is 6.92 Å². The summed E-state index contributed by atoms with van der Waals surface area (Å²) in [6.45, 7) is 3.46. The third-order valence-corrected chi connectivity index (χ3v) is 5.89. The third kappa shape index (κ3) is 3.97. The summed E-state index contributed by atoms with van der Waals surface area (Å²) in [4.78, 5) is 39.3. The number of halogens is 1. The van der Waals surface area contributed by atoms with Crippen molar-refractivity contribution in [2.75, 3.05) is 11.9 Å². The van der Waals surface area contributed by atoms with Crippen LogP contribution in [0.15, 0.2) is 60.8 Å². The van der Waals surface area contributed by atoms with Crippen LogP contribution in [-0.2, 0) is 21.7 Å². The van der Waals surface area contributed by atoms with Crippen LogP contribution >= 0.6 is 11.6 Å². The number of nitrogens with one attached hydrogen (secondary N) is 2. The number of imide groups is 1. The molecule has 1 aromatic heterocycles. The molecule has 0 saturated carbocycles. The second-order valence-corrected chi connectivity index (χ2v) is 8.18. The van der Waals surface area contributed by atoms with Crippen molar-refractivity contribution >= 4 is 35.3 Å². The topological polar surface area (TPSA) is 96.3 Å². The number of carbonyl (C=O) groups is 3. The minimum atomic E-state index is -1.23. The number of carbonyl (C=O) groups excluding carboxylic acids is 3. The maximum atomic E-state index is 13.1. The van der Waals surface area contributed by atoms with Gasteiger partial charge < -0.3 is 10.6 Å². The molecule has 1 aliphatic rings. The van der Waals surface area contributed by atoms with Crippen LogP contribution in [0.1, 0.15) is 23.6 Å². The normalized spacial score (nSPS) is 18.0. The van der Waals surface area contributed by atoms with E-state index in [2.05, 4.69) is 15.7 Å². The molecule has 4 rings (SSSR count). The van der Waals surface area contributed by atoms with Crippen LogP contribution in [0.5, 0.6) is 0 Å². The number of nitrogens with zero attached hydrogens (tertiary/aromatic N) is 3. The van der Waals surface area contributed by atoms with E-state index in [9.17, 15) is 14.4 Å². The fraction of sp³-hybridized carbons (Fsp3) is 0.217. The molecule has 1 atom stereocenters. The monoisotopic (exact) mass is 451 g/mol. The predicted molar refractivity (Wildman–Crippen MR) is 120 cm³/mol. The van der Waals surface area contributed by atoms with Crippen LogP contribution in [0.2, 0.25) is 5.02 Å². The third-order valence-electron chi connectivity index (χ3n) is 5.52. The van der Waals surface area contributed by atoms with Crippen molar-refractivity contribution in [1.29, 1.82) is 0 Å². The van der Waals surface area contributed by atoms with E-state index in [1.165, 1.54) is 0 Å². The van der Waals surface area contributed by atoms with Gasteiger partial charge in [-0.3, -0.25) is 14.5 Å². The van der Waals surface area contributed by atoms with E-state index >= 15 is 0 Å². The van der Waals surface area contributed by atoms with Gasteiger partial charge in [0.1, 0.15) is 17.9 Å². The average Bonchev–Trinajstić information content (AvgIpc) is 3.27. The summed E-state index contributed by atoms with van der Waals surface area (Å²) in [5.41, 5.74) is 1.18. The molecule has 2 aromatic carbocycles. The highest BCUT2D eigenvalue weighted by Crippen LogP contribution is 2.30. The zero-order chi connectivity index (χ0) is 22.9. The molecular weight excluding hydrogens is 430 g/mol. The van der Waals surface area contributed by atoms with Gasteiger partial charge in [-0.1, -0.05) is 54.1 Å². The molecule has 1 unspecified atom stereocenters. The zero-order valence-electron chi connectivity index (χ0n) is 17.6. The summed E-state index contributed by atoms with van der Waals surface area (Å²) in [7, 11) is 0. The quantitative estimate of drug-likeness (QED) is 0.562. The van der Waals surface area contributed by atoms with Gasteiger partial charge in [0.15, 0.2) is 0 Å². The molecule has 1 fully saturated rings. The number of urea groups is 1. The van der Waals surface area contributed by atoms with Gasteiger partial charge >= 0.3 is 6.03 Å². The van der Waals surface area contributed by atoms with Crippen molar-refractivity contribution in [3.8, 4) is 0 Å². The second kappa shape index (κ2) is 8.47. The largest absolute Gasteiger partial charge is 0.325 e.